The molecular weight excluding hydrogens is 428 g/mol. The van der Waals surface area contributed by atoms with Gasteiger partial charge in [-0.3, -0.25) is 5.32 Å². The maximum absolute atomic E-state index is 14.5. The number of hydrogen-bond donors (Lipinski definition) is 3. The number of urea groups is 1. The Morgan fingerprint density at radius 2 is 2.16 bits per heavy atom. The molecule has 1 aliphatic rings. The van der Waals surface area contributed by atoms with E-state index in [2.05, 4.69) is 15.3 Å². The van der Waals surface area contributed by atoms with Gasteiger partial charge in [0.1, 0.15) is 11.9 Å². The first kappa shape index (κ1) is 21.3. The van der Waals surface area contributed by atoms with Gasteiger partial charge in [-0.2, -0.15) is 0 Å². The van der Waals surface area contributed by atoms with E-state index in [1.54, 1.807) is 15.9 Å². The lowest BCUT2D eigenvalue weighted by Gasteiger charge is -2.40. The second kappa shape index (κ2) is 8.69. The number of anilines is 2. The number of amides is 2. The van der Waals surface area contributed by atoms with E-state index >= 15 is 0 Å². The molecule has 3 heterocycles. The van der Waals surface area contributed by atoms with Gasteiger partial charge in [-0.05, 0) is 25.1 Å². The summed E-state index contributed by atoms with van der Waals surface area (Å²) in [6.07, 6.45) is 0.147. The molecule has 8 nitrogen and oxygen atoms in total. The first-order chi connectivity index (χ1) is 14.9. The van der Waals surface area contributed by atoms with E-state index in [-0.39, 0.29) is 29.3 Å². The molecule has 0 aliphatic carbocycles. The van der Waals surface area contributed by atoms with Crippen molar-refractivity contribution in [3.8, 4) is 0 Å². The lowest BCUT2D eigenvalue weighted by Crippen LogP contribution is -2.55. The first-order valence-electron chi connectivity index (χ1n) is 9.68. The van der Waals surface area contributed by atoms with Crippen molar-refractivity contribution in [2.75, 3.05) is 36.5 Å². The maximum atomic E-state index is 14.5. The molecule has 3 N–H and O–H groups in total. The van der Waals surface area contributed by atoms with Crippen molar-refractivity contribution in [1.82, 2.24) is 14.9 Å². The quantitative estimate of drug-likeness (QED) is 0.566. The second-order valence-corrected chi connectivity index (χ2v) is 8.35. The molecule has 11 heteroatoms. The van der Waals surface area contributed by atoms with Gasteiger partial charge in [-0.15, -0.1) is 0 Å². The van der Waals surface area contributed by atoms with Crippen LogP contribution in [0.15, 0.2) is 30.5 Å². The van der Waals surface area contributed by atoms with Crippen molar-refractivity contribution in [3.05, 3.63) is 47.7 Å². The molecule has 0 bridgehead atoms. The van der Waals surface area contributed by atoms with Crippen LogP contribution in [-0.4, -0.2) is 63.4 Å². The molecule has 2 aromatic heterocycles. The lowest BCUT2D eigenvalue weighted by molar-refractivity contribution is 0.0951. The van der Waals surface area contributed by atoms with Crippen LogP contribution in [0.5, 0.6) is 0 Å². The Balaban J connectivity index is 1.42. The van der Waals surface area contributed by atoms with Crippen LogP contribution < -0.4 is 10.2 Å². The number of aliphatic hydroxyl groups is 2. The van der Waals surface area contributed by atoms with Gasteiger partial charge in [0, 0.05) is 43.5 Å². The van der Waals surface area contributed by atoms with Crippen LogP contribution in [0.25, 0.3) is 10.2 Å². The highest BCUT2D eigenvalue weighted by Gasteiger charge is 2.30. The van der Waals surface area contributed by atoms with Crippen molar-refractivity contribution in [2.24, 2.45) is 0 Å². The molecule has 2 atom stereocenters. The smallest absolute Gasteiger partial charge is 0.324 e. The van der Waals surface area contributed by atoms with E-state index in [1.807, 2.05) is 6.92 Å². The second-order valence-electron chi connectivity index (χ2n) is 7.32. The Morgan fingerprint density at radius 1 is 1.35 bits per heavy atom. The number of hydrogen-bond acceptors (Lipinski definition) is 7. The number of piperazine rings is 1. The van der Waals surface area contributed by atoms with E-state index in [0.29, 0.717) is 30.3 Å². The predicted octanol–water partition coefficient (Wildman–Crippen LogP) is 2.74. The molecule has 0 unspecified atom stereocenters. The number of thiazole rings is 1. The average Bonchev–Trinajstić information content (AvgIpc) is 3.14. The molecule has 4 rings (SSSR count). The normalized spacial score (nSPS) is 17.8. The van der Waals surface area contributed by atoms with E-state index in [9.17, 15) is 18.7 Å². The third kappa shape index (κ3) is 4.43. The molecule has 1 aliphatic heterocycles. The summed E-state index contributed by atoms with van der Waals surface area (Å²) in [6, 6.07) is 4.87. The van der Waals surface area contributed by atoms with E-state index in [4.69, 9.17) is 5.11 Å². The zero-order valence-electron chi connectivity index (χ0n) is 16.6. The predicted molar refractivity (Wildman–Crippen MR) is 113 cm³/mol. The maximum Gasteiger partial charge on any atom is 0.324 e. The number of carbonyl (C=O) groups is 1. The molecule has 164 valence electrons. The lowest BCUT2D eigenvalue weighted by atomic mass is 10.1. The fourth-order valence-corrected chi connectivity index (χ4v) is 4.37. The van der Waals surface area contributed by atoms with Crippen LogP contribution in [-0.2, 0) is 0 Å². The average molecular weight is 449 g/mol. The molecule has 0 saturated carbocycles. The Kier molecular flexibility index (Phi) is 5.99. The Bertz CT molecular complexity index is 1110. The highest BCUT2D eigenvalue weighted by Crippen LogP contribution is 2.27. The summed E-state index contributed by atoms with van der Waals surface area (Å²) < 4.78 is 28.6. The minimum atomic E-state index is -1.19. The van der Waals surface area contributed by atoms with E-state index in [0.717, 1.165) is 10.8 Å². The van der Waals surface area contributed by atoms with Gasteiger partial charge >= 0.3 is 6.03 Å². The number of nitrogens with one attached hydrogen (secondary N) is 1. The summed E-state index contributed by atoms with van der Waals surface area (Å²) in [7, 11) is 0. The van der Waals surface area contributed by atoms with E-state index < -0.39 is 18.5 Å². The zero-order valence-corrected chi connectivity index (χ0v) is 17.4. The summed E-state index contributed by atoms with van der Waals surface area (Å²) in [5.41, 5.74) is 0.681. The van der Waals surface area contributed by atoms with Gasteiger partial charge in [0.2, 0.25) is 0 Å². The van der Waals surface area contributed by atoms with Crippen LogP contribution >= 0.6 is 11.3 Å². The van der Waals surface area contributed by atoms with Crippen molar-refractivity contribution < 1.29 is 23.8 Å². The highest BCUT2D eigenvalue weighted by atomic mass is 32.1. The number of aliphatic hydroxyl groups excluding tert-OH is 2. The minimum absolute atomic E-state index is 0.133. The first-order valence-corrected chi connectivity index (χ1v) is 10.5. The number of fused-ring (bicyclic) bond motifs is 1. The number of benzene rings is 1. The number of rotatable bonds is 4. The minimum Gasteiger partial charge on any atom is -0.393 e. The summed E-state index contributed by atoms with van der Waals surface area (Å²) in [5, 5.41) is 21.8. The fraction of sp³-hybridized carbons (Fsp3) is 0.350. The number of carbonyl (C=O) groups excluding carboxylic acids is 1. The molecule has 3 aromatic rings. The van der Waals surface area contributed by atoms with Gasteiger partial charge < -0.3 is 20.0 Å². The topological polar surface area (TPSA) is 102 Å². The van der Waals surface area contributed by atoms with Crippen LogP contribution in [0.2, 0.25) is 0 Å². The summed E-state index contributed by atoms with van der Waals surface area (Å²) in [6.45, 7) is 2.41. The molecule has 1 fully saturated rings. The van der Waals surface area contributed by atoms with E-state index in [1.165, 1.54) is 29.7 Å². The molecule has 1 aromatic carbocycles. The summed E-state index contributed by atoms with van der Waals surface area (Å²) >= 11 is 1.26. The van der Waals surface area contributed by atoms with Crippen molar-refractivity contribution in [2.45, 2.75) is 19.1 Å². The Morgan fingerprint density at radius 3 is 2.87 bits per heavy atom. The monoisotopic (exact) mass is 449 g/mol. The van der Waals surface area contributed by atoms with Gasteiger partial charge in [-0.25, -0.2) is 23.5 Å². The number of halogens is 2. The van der Waals surface area contributed by atoms with Crippen LogP contribution in [0.4, 0.5) is 24.5 Å². The SMILES string of the molecule is C[C@@H]1CN(c2ncc([C@H](O)CO)cc2F)CCN1C(=O)Nc1nc2cc(F)ccc2s1. The molecule has 0 spiro atoms. The molecule has 1 saturated heterocycles. The molecular formula is C20H21F2N5O3S. The largest absolute Gasteiger partial charge is 0.393 e. The van der Waals surface area contributed by atoms with Crippen LogP contribution in [0, 0.1) is 11.6 Å². The number of aromatic nitrogens is 2. The summed E-state index contributed by atoms with van der Waals surface area (Å²) in [4.78, 5) is 24.4. The van der Waals surface area contributed by atoms with Gasteiger partial charge in [-0.1, -0.05) is 11.3 Å². The van der Waals surface area contributed by atoms with Gasteiger partial charge in [0.05, 0.1) is 16.8 Å². The van der Waals surface area contributed by atoms with Gasteiger partial charge in [0.15, 0.2) is 16.8 Å². The number of pyridine rings is 1. The molecule has 31 heavy (non-hydrogen) atoms. The zero-order chi connectivity index (χ0) is 22.1. The standard InChI is InChI=1S/C20H21F2N5O3S/c1-11-9-26(18-14(22)6-12(8-23-18)16(29)10-28)4-5-27(11)20(30)25-19-24-15-7-13(21)2-3-17(15)31-19/h2-3,6-8,11,16,28-29H,4-5,9-10H2,1H3,(H,24,25,30)/t11-,16-/m1/s1. The Labute approximate surface area is 180 Å². The molecule has 2 amide bonds. The van der Waals surface area contributed by atoms with Gasteiger partial charge in [0.25, 0.3) is 0 Å². The molecule has 0 radical (unpaired) electrons. The highest BCUT2D eigenvalue weighted by molar-refractivity contribution is 7.22. The summed E-state index contributed by atoms with van der Waals surface area (Å²) in [5.74, 6) is -0.856. The van der Waals surface area contributed by atoms with Crippen LogP contribution in [0.1, 0.15) is 18.6 Å². The Hall–Kier alpha value is -2.89. The van der Waals surface area contributed by atoms with Crippen molar-refractivity contribution in [3.63, 3.8) is 0 Å². The van der Waals surface area contributed by atoms with Crippen LogP contribution in [0.3, 0.4) is 0 Å². The van der Waals surface area contributed by atoms with Crippen molar-refractivity contribution in [1.29, 1.82) is 0 Å². The third-order valence-corrected chi connectivity index (χ3v) is 6.10. The van der Waals surface area contributed by atoms with Crippen molar-refractivity contribution >= 4 is 38.5 Å². The fourth-order valence-electron chi connectivity index (χ4n) is 3.53. The third-order valence-electron chi connectivity index (χ3n) is 5.15. The number of nitrogens with zero attached hydrogens (tertiary/aromatic N) is 4.